The molecule has 0 saturated carbocycles. The second kappa shape index (κ2) is 6.12. The zero-order chi connectivity index (χ0) is 12.3. The van der Waals surface area contributed by atoms with E-state index < -0.39 is 19.7 Å². The van der Waals surface area contributed by atoms with E-state index in [1.54, 1.807) is 0 Å². The molecule has 0 saturated heterocycles. The Balaban J connectivity index is 4.25. The summed E-state index contributed by atoms with van der Waals surface area (Å²) in [7, 11) is -3.03. The van der Waals surface area contributed by atoms with E-state index in [1.807, 2.05) is 5.70 Å². The van der Waals surface area contributed by atoms with Crippen LogP contribution in [0.4, 0.5) is 0 Å². The zero-order valence-electron chi connectivity index (χ0n) is 10.4. The molecule has 0 rings (SSSR count). The third-order valence-corrected chi connectivity index (χ3v) is 13.8. The van der Waals surface area contributed by atoms with Crippen LogP contribution < -0.4 is 0 Å². The second-order valence-electron chi connectivity index (χ2n) is 5.24. The van der Waals surface area contributed by atoms with Gasteiger partial charge in [0.1, 0.15) is 0 Å². The first kappa shape index (κ1) is 16.8. The van der Waals surface area contributed by atoms with Gasteiger partial charge < -0.3 is 4.12 Å². The summed E-state index contributed by atoms with van der Waals surface area (Å²) in [5.74, 6) is 0. The van der Waals surface area contributed by atoms with E-state index >= 15 is 0 Å². The molecule has 0 N–H and O–H groups in total. The fraction of sp³-hybridized carbons (Fsp3) is 0.778. The highest BCUT2D eigenvalue weighted by Gasteiger charge is 2.33. The number of rotatable bonds is 6. The predicted octanol–water partition coefficient (Wildman–Crippen LogP) is 5.08. The van der Waals surface area contributed by atoms with Gasteiger partial charge >= 0.3 is 0 Å². The largest absolute Gasteiger partial charge is 0.453 e. The summed E-state index contributed by atoms with van der Waals surface area (Å²) in [6, 6.07) is 2.67. The van der Waals surface area contributed by atoms with Crippen LogP contribution in [-0.2, 0) is 4.12 Å². The maximum atomic E-state index is 6.35. The summed E-state index contributed by atoms with van der Waals surface area (Å²) in [6.45, 7) is 15.5. The molecule has 0 spiro atoms. The van der Waals surface area contributed by atoms with Crippen molar-refractivity contribution in [3.05, 3.63) is 12.3 Å². The van der Waals surface area contributed by atoms with Gasteiger partial charge in [-0.2, -0.15) is 0 Å². The summed E-state index contributed by atoms with van der Waals surface area (Å²) in [4.78, 5) is 0. The third kappa shape index (κ3) is 9.51. The van der Waals surface area contributed by atoms with E-state index in [1.165, 1.54) is 12.1 Å². The van der Waals surface area contributed by atoms with Crippen molar-refractivity contribution in [1.29, 1.82) is 0 Å². The summed E-state index contributed by atoms with van der Waals surface area (Å²) in [5.41, 5.74) is 2.05. The van der Waals surface area contributed by atoms with Crippen LogP contribution in [0.3, 0.4) is 0 Å². The van der Waals surface area contributed by atoms with Crippen LogP contribution in [0.15, 0.2) is 12.3 Å². The highest BCUT2D eigenvalue weighted by atomic mass is 127. The van der Waals surface area contributed by atoms with Gasteiger partial charge in [-0.3, -0.25) is 0 Å². The van der Waals surface area contributed by atoms with E-state index in [4.69, 9.17) is 4.12 Å². The molecule has 0 unspecified atom stereocenters. The third-order valence-electron chi connectivity index (χ3n) is 2.20. The molecule has 0 aliphatic rings. The van der Waals surface area contributed by atoms with Crippen molar-refractivity contribution < 1.29 is 4.12 Å². The van der Waals surface area contributed by atoms with E-state index in [0.717, 1.165) is 0 Å². The average Bonchev–Trinajstić information content (AvgIpc) is 1.98. The van der Waals surface area contributed by atoms with Gasteiger partial charge in [0.05, 0.1) is 0 Å². The van der Waals surface area contributed by atoms with Crippen LogP contribution in [0, 0.1) is 0 Å². The van der Waals surface area contributed by atoms with Crippen LogP contribution >= 0.6 is 43.6 Å². The zero-order valence-corrected chi connectivity index (χ0v) is 17.7. The molecule has 0 amide bonds. The van der Waals surface area contributed by atoms with Gasteiger partial charge in [0.25, 0.3) is 0 Å². The first-order valence-electron chi connectivity index (χ1n) is 5.19. The molecule has 0 aliphatic heterocycles. The standard InChI is InChI=1S/C9H22I2OSi3/c1-7-13(2,3)12-14(4,5)8-9-15(6,10)11/h7H,1,8-9H2,2-6H3. The van der Waals surface area contributed by atoms with Gasteiger partial charge in [-0.1, -0.05) is 12.2 Å². The molecule has 0 aliphatic carbocycles. The van der Waals surface area contributed by atoms with E-state index in [2.05, 4.69) is 82.9 Å². The van der Waals surface area contributed by atoms with Gasteiger partial charge in [-0.15, -0.1) is 50.2 Å². The summed E-state index contributed by atoms with van der Waals surface area (Å²) in [6.07, 6.45) is 0. The quantitative estimate of drug-likeness (QED) is 0.290. The Morgan fingerprint density at radius 3 is 1.87 bits per heavy atom. The Labute approximate surface area is 123 Å². The van der Waals surface area contributed by atoms with Crippen LogP contribution in [0.1, 0.15) is 0 Å². The van der Waals surface area contributed by atoms with E-state index in [9.17, 15) is 0 Å². The fourth-order valence-electron chi connectivity index (χ4n) is 1.33. The summed E-state index contributed by atoms with van der Waals surface area (Å²) >= 11 is 5.29. The fourth-order valence-corrected chi connectivity index (χ4v) is 16.8. The molecule has 6 heteroatoms. The molecule has 0 bridgehead atoms. The van der Waals surface area contributed by atoms with Crippen LogP contribution in [-0.4, -0.2) is 19.7 Å². The first-order valence-corrected chi connectivity index (χ1v) is 20.2. The van der Waals surface area contributed by atoms with Crippen LogP contribution in [0.2, 0.25) is 44.8 Å². The average molecular weight is 484 g/mol. The number of hydrogen-bond donors (Lipinski definition) is 0. The Kier molecular flexibility index (Phi) is 6.86. The molecular weight excluding hydrogens is 462 g/mol. The predicted molar refractivity (Wildman–Crippen MR) is 95.5 cm³/mol. The molecule has 0 atom stereocenters. The van der Waals surface area contributed by atoms with Crippen molar-refractivity contribution in [1.82, 2.24) is 0 Å². The normalized spacial score (nSPS) is 14.1. The van der Waals surface area contributed by atoms with Gasteiger partial charge in [-0.05, 0) is 38.3 Å². The lowest BCUT2D eigenvalue weighted by atomic mass is 10.9. The highest BCUT2D eigenvalue weighted by Crippen LogP contribution is 2.32. The van der Waals surface area contributed by atoms with Crippen molar-refractivity contribution in [2.24, 2.45) is 0 Å². The molecule has 0 radical (unpaired) electrons. The Morgan fingerprint density at radius 1 is 1.07 bits per heavy atom. The van der Waals surface area contributed by atoms with Gasteiger partial charge in [0.15, 0.2) is 19.7 Å². The molecule has 0 fully saturated rings. The minimum Gasteiger partial charge on any atom is -0.453 e. The smallest absolute Gasteiger partial charge is 0.197 e. The van der Waals surface area contributed by atoms with Crippen LogP contribution in [0.25, 0.3) is 0 Å². The molecule has 0 heterocycles. The minimum absolute atomic E-state index is 0.968. The Bertz CT molecular complexity index is 224. The maximum Gasteiger partial charge on any atom is 0.197 e. The summed E-state index contributed by atoms with van der Waals surface area (Å²) in [5, 5.41) is 0. The second-order valence-corrected chi connectivity index (χ2v) is 36.8. The van der Waals surface area contributed by atoms with Crippen molar-refractivity contribution >= 4 is 63.3 Å². The molecular formula is C9H22I2OSi3. The maximum absolute atomic E-state index is 6.35. The SMILES string of the molecule is C=C[Si](C)(C)O[Si](C)(C)CC[Si](C)(I)I. The van der Waals surface area contributed by atoms with Crippen molar-refractivity contribution in [2.45, 2.75) is 44.8 Å². The molecule has 0 aromatic rings. The van der Waals surface area contributed by atoms with Crippen molar-refractivity contribution in [3.63, 3.8) is 0 Å². The molecule has 1 nitrogen and oxygen atoms in total. The Hall–Kier alpha value is 1.81. The van der Waals surface area contributed by atoms with Gasteiger partial charge in [0.2, 0.25) is 0 Å². The Morgan fingerprint density at radius 2 is 1.53 bits per heavy atom. The van der Waals surface area contributed by atoms with Gasteiger partial charge in [-0.25, -0.2) is 0 Å². The lowest BCUT2D eigenvalue weighted by Crippen LogP contribution is -2.43. The monoisotopic (exact) mass is 484 g/mol. The van der Waals surface area contributed by atoms with Crippen molar-refractivity contribution in [2.75, 3.05) is 0 Å². The lowest BCUT2D eigenvalue weighted by molar-refractivity contribution is 0.556. The molecule has 0 aromatic carbocycles. The van der Waals surface area contributed by atoms with Crippen LogP contribution in [0.5, 0.6) is 0 Å². The molecule has 90 valence electrons. The van der Waals surface area contributed by atoms with Crippen molar-refractivity contribution in [3.8, 4) is 0 Å². The topological polar surface area (TPSA) is 9.23 Å². The highest BCUT2D eigenvalue weighted by molar-refractivity contribution is 14.3. The minimum atomic E-state index is -1.57. The number of halogens is 2. The molecule has 0 aromatic heterocycles. The van der Waals surface area contributed by atoms with Gasteiger partial charge in [0, 0.05) is 0 Å². The number of hydrogen-bond acceptors (Lipinski definition) is 1. The van der Waals surface area contributed by atoms with E-state index in [-0.39, 0.29) is 0 Å². The van der Waals surface area contributed by atoms with E-state index in [0.29, 0.717) is 0 Å². The first-order chi connectivity index (χ1) is 6.47. The lowest BCUT2D eigenvalue weighted by Gasteiger charge is -2.32. The summed E-state index contributed by atoms with van der Waals surface area (Å²) < 4.78 is 5.38. The molecule has 15 heavy (non-hydrogen) atoms.